The number of hydrogen-bond acceptors (Lipinski definition) is 5. The Kier molecular flexibility index (Phi) is 5.35. The molecule has 0 spiro atoms. The van der Waals surface area contributed by atoms with E-state index in [1.54, 1.807) is 7.11 Å². The first kappa shape index (κ1) is 19.1. The minimum absolute atomic E-state index is 0.559. The van der Waals surface area contributed by atoms with Crippen molar-refractivity contribution in [2.75, 3.05) is 25.1 Å². The first-order valence-corrected chi connectivity index (χ1v) is 11.4. The lowest BCUT2D eigenvalue weighted by atomic mass is 10.1. The maximum absolute atomic E-state index is 5.91. The zero-order valence-electron chi connectivity index (χ0n) is 17.3. The molecule has 3 fully saturated rings. The second-order valence-corrected chi connectivity index (χ2v) is 9.06. The largest absolute Gasteiger partial charge is 0.497 e. The van der Waals surface area contributed by atoms with Gasteiger partial charge >= 0.3 is 0 Å². The summed E-state index contributed by atoms with van der Waals surface area (Å²) in [6, 6.07) is 9.61. The first-order valence-electron chi connectivity index (χ1n) is 11.0. The Hall–Kier alpha value is -1.86. The van der Waals surface area contributed by atoms with Gasteiger partial charge in [0, 0.05) is 31.7 Å². The topological polar surface area (TPSA) is 38.5 Å². The standard InChI is InChI=1S/C22H31N5OS/c1-28-20-11-5-17(6-12-20)15-25(18-7-8-18)16-26-22(29)27(19-9-10-19)21(23-26)24-13-3-2-4-14-24/h5-6,11-12,18-19H,2-4,7-10,13-16H2,1H3. The van der Waals surface area contributed by atoms with Crippen LogP contribution in [-0.2, 0) is 13.2 Å². The summed E-state index contributed by atoms with van der Waals surface area (Å²) < 4.78 is 10.6. The molecule has 1 aliphatic heterocycles. The summed E-state index contributed by atoms with van der Waals surface area (Å²) in [6.45, 7) is 3.91. The minimum Gasteiger partial charge on any atom is -0.497 e. The number of methoxy groups -OCH3 is 1. The Morgan fingerprint density at radius 2 is 1.79 bits per heavy atom. The fourth-order valence-electron chi connectivity index (χ4n) is 4.33. The highest BCUT2D eigenvalue weighted by Gasteiger charge is 2.33. The van der Waals surface area contributed by atoms with E-state index in [0.29, 0.717) is 12.1 Å². The molecule has 2 saturated carbocycles. The molecular weight excluding hydrogens is 382 g/mol. The molecule has 0 amide bonds. The number of aromatic nitrogens is 3. The zero-order chi connectivity index (χ0) is 19.8. The highest BCUT2D eigenvalue weighted by atomic mass is 32.1. The van der Waals surface area contributed by atoms with E-state index in [1.165, 1.54) is 50.5 Å². The van der Waals surface area contributed by atoms with Crippen LogP contribution in [0, 0.1) is 4.77 Å². The number of anilines is 1. The molecule has 1 aromatic carbocycles. The average molecular weight is 414 g/mol. The molecule has 0 atom stereocenters. The molecule has 29 heavy (non-hydrogen) atoms. The predicted octanol–water partition coefficient (Wildman–Crippen LogP) is 4.37. The van der Waals surface area contributed by atoms with E-state index >= 15 is 0 Å². The van der Waals surface area contributed by atoms with Crippen LogP contribution in [0.5, 0.6) is 5.75 Å². The molecule has 3 aliphatic rings. The van der Waals surface area contributed by atoms with E-state index in [0.717, 1.165) is 42.8 Å². The lowest BCUT2D eigenvalue weighted by molar-refractivity contribution is 0.186. The Labute approximate surface area is 178 Å². The Balaban J connectivity index is 1.38. The van der Waals surface area contributed by atoms with Gasteiger partial charge < -0.3 is 9.64 Å². The van der Waals surface area contributed by atoms with Crippen molar-refractivity contribution in [3.05, 3.63) is 34.6 Å². The summed E-state index contributed by atoms with van der Waals surface area (Å²) >= 11 is 5.91. The van der Waals surface area contributed by atoms with Gasteiger partial charge in [-0.3, -0.25) is 9.47 Å². The molecule has 5 rings (SSSR count). The predicted molar refractivity (Wildman–Crippen MR) is 117 cm³/mol. The van der Waals surface area contributed by atoms with Crippen molar-refractivity contribution >= 4 is 18.2 Å². The molecule has 1 aromatic heterocycles. The second kappa shape index (κ2) is 8.11. The van der Waals surface area contributed by atoms with Gasteiger partial charge in [0.15, 0.2) is 0 Å². The van der Waals surface area contributed by atoms with Gasteiger partial charge in [-0.25, -0.2) is 4.68 Å². The van der Waals surface area contributed by atoms with Crippen molar-refractivity contribution in [1.29, 1.82) is 0 Å². The van der Waals surface area contributed by atoms with Crippen LogP contribution >= 0.6 is 12.2 Å². The molecule has 0 bridgehead atoms. The van der Waals surface area contributed by atoms with E-state index in [2.05, 4.69) is 31.2 Å². The van der Waals surface area contributed by atoms with Crippen LogP contribution in [0.4, 0.5) is 5.95 Å². The molecule has 156 valence electrons. The second-order valence-electron chi connectivity index (χ2n) is 8.70. The van der Waals surface area contributed by atoms with Crippen molar-refractivity contribution in [2.24, 2.45) is 0 Å². The van der Waals surface area contributed by atoms with Gasteiger partial charge in [-0.15, -0.1) is 5.10 Å². The van der Waals surface area contributed by atoms with Gasteiger partial charge in [0.25, 0.3) is 0 Å². The van der Waals surface area contributed by atoms with Crippen molar-refractivity contribution in [2.45, 2.75) is 70.2 Å². The number of nitrogens with zero attached hydrogens (tertiary/aromatic N) is 5. The van der Waals surface area contributed by atoms with Crippen molar-refractivity contribution in [1.82, 2.24) is 19.2 Å². The molecule has 2 aliphatic carbocycles. The molecular formula is C22H31N5OS. The molecule has 0 N–H and O–H groups in total. The summed E-state index contributed by atoms with van der Waals surface area (Å²) in [7, 11) is 1.71. The minimum atomic E-state index is 0.559. The molecule has 0 unspecified atom stereocenters. The molecule has 2 aromatic rings. The molecule has 1 saturated heterocycles. The van der Waals surface area contributed by atoms with Crippen LogP contribution in [0.3, 0.4) is 0 Å². The summed E-state index contributed by atoms with van der Waals surface area (Å²) in [6.07, 6.45) is 8.86. The van der Waals surface area contributed by atoms with Crippen LogP contribution < -0.4 is 9.64 Å². The van der Waals surface area contributed by atoms with Crippen LogP contribution in [0.1, 0.15) is 56.6 Å². The number of benzene rings is 1. The van der Waals surface area contributed by atoms with E-state index in [1.807, 2.05) is 12.1 Å². The van der Waals surface area contributed by atoms with Gasteiger partial charge in [0.1, 0.15) is 5.75 Å². The Bertz CT molecular complexity index is 891. The number of ether oxygens (including phenoxy) is 1. The highest BCUT2D eigenvalue weighted by Crippen LogP contribution is 2.39. The van der Waals surface area contributed by atoms with Crippen LogP contribution in [-0.4, -0.2) is 45.5 Å². The Morgan fingerprint density at radius 3 is 2.41 bits per heavy atom. The van der Waals surface area contributed by atoms with E-state index in [4.69, 9.17) is 22.1 Å². The fourth-order valence-corrected chi connectivity index (χ4v) is 4.66. The third-order valence-corrected chi connectivity index (χ3v) is 6.73. The van der Waals surface area contributed by atoms with Gasteiger partial charge in [-0.1, -0.05) is 12.1 Å². The normalized spacial score (nSPS) is 19.7. The van der Waals surface area contributed by atoms with Crippen LogP contribution in [0.25, 0.3) is 0 Å². The quantitative estimate of drug-likeness (QED) is 0.601. The highest BCUT2D eigenvalue weighted by molar-refractivity contribution is 7.71. The van der Waals surface area contributed by atoms with E-state index < -0.39 is 0 Å². The lowest BCUT2D eigenvalue weighted by Gasteiger charge is -2.27. The number of hydrogen-bond donors (Lipinski definition) is 0. The van der Waals surface area contributed by atoms with E-state index in [9.17, 15) is 0 Å². The van der Waals surface area contributed by atoms with Crippen LogP contribution in [0.2, 0.25) is 0 Å². The van der Waals surface area contributed by atoms with Gasteiger partial charge in [-0.05, 0) is 74.9 Å². The SMILES string of the molecule is COc1ccc(CN(Cn2nc(N3CCCCC3)n(C3CC3)c2=S)C2CC2)cc1. The third kappa shape index (κ3) is 4.21. The van der Waals surface area contributed by atoms with Gasteiger partial charge in [0.05, 0.1) is 13.8 Å². The van der Waals surface area contributed by atoms with Crippen molar-refractivity contribution in [3.63, 3.8) is 0 Å². The van der Waals surface area contributed by atoms with Gasteiger partial charge in [-0.2, -0.15) is 0 Å². The van der Waals surface area contributed by atoms with Crippen molar-refractivity contribution in [3.8, 4) is 5.75 Å². The van der Waals surface area contributed by atoms with Crippen LogP contribution in [0.15, 0.2) is 24.3 Å². The summed E-state index contributed by atoms with van der Waals surface area (Å²) in [5, 5.41) is 5.05. The molecule has 6 nitrogen and oxygen atoms in total. The zero-order valence-corrected chi connectivity index (χ0v) is 18.1. The Morgan fingerprint density at radius 1 is 1.07 bits per heavy atom. The summed E-state index contributed by atoms with van der Waals surface area (Å²) in [5.41, 5.74) is 1.31. The molecule has 2 heterocycles. The maximum Gasteiger partial charge on any atom is 0.226 e. The van der Waals surface area contributed by atoms with E-state index in [-0.39, 0.29) is 0 Å². The fraction of sp³-hybridized carbons (Fsp3) is 0.636. The van der Waals surface area contributed by atoms with Crippen molar-refractivity contribution < 1.29 is 4.74 Å². The van der Waals surface area contributed by atoms with Gasteiger partial charge in [0.2, 0.25) is 10.7 Å². The summed E-state index contributed by atoms with van der Waals surface area (Å²) in [4.78, 5) is 4.99. The summed E-state index contributed by atoms with van der Waals surface area (Å²) in [5.74, 6) is 2.01. The smallest absolute Gasteiger partial charge is 0.226 e. The molecule has 7 heteroatoms. The number of rotatable bonds is 8. The maximum atomic E-state index is 5.91. The lowest BCUT2D eigenvalue weighted by Crippen LogP contribution is -2.32. The molecule has 0 radical (unpaired) electrons. The average Bonchev–Trinajstić information content (AvgIpc) is 3.68. The third-order valence-electron chi connectivity index (χ3n) is 6.33. The monoisotopic (exact) mass is 413 g/mol. The number of piperidine rings is 1. The first-order chi connectivity index (χ1) is 14.2.